The van der Waals surface area contributed by atoms with Crippen molar-refractivity contribution in [2.75, 3.05) is 33.0 Å². The third-order valence-electron chi connectivity index (χ3n) is 3.72. The zero-order valence-electron chi connectivity index (χ0n) is 11.3. The fourth-order valence-corrected chi connectivity index (χ4v) is 2.52. The smallest absolute Gasteiger partial charge is 0.0700 e. The molecule has 0 heterocycles. The normalized spacial score (nSPS) is 25.1. The summed E-state index contributed by atoms with van der Waals surface area (Å²) in [5, 5.41) is 0. The number of ether oxygens (including phenoxy) is 2. The van der Waals surface area contributed by atoms with Gasteiger partial charge in [-0.05, 0) is 37.6 Å². The summed E-state index contributed by atoms with van der Waals surface area (Å²) in [5.41, 5.74) is 5.80. The predicted molar refractivity (Wildman–Crippen MR) is 71.0 cm³/mol. The maximum absolute atomic E-state index is 5.80. The molecule has 2 atom stereocenters. The van der Waals surface area contributed by atoms with Gasteiger partial charge in [0.25, 0.3) is 0 Å². The van der Waals surface area contributed by atoms with Gasteiger partial charge in [-0.15, -0.1) is 0 Å². The minimum absolute atomic E-state index is 0.685. The first kappa shape index (κ1) is 14.9. The Morgan fingerprint density at radius 2 is 1.71 bits per heavy atom. The second kappa shape index (κ2) is 9.86. The molecular weight excluding hydrogens is 214 g/mol. The largest absolute Gasteiger partial charge is 0.379 e. The van der Waals surface area contributed by atoms with Crippen LogP contribution in [-0.4, -0.2) is 33.0 Å². The van der Waals surface area contributed by atoms with Gasteiger partial charge in [-0.2, -0.15) is 0 Å². The van der Waals surface area contributed by atoms with Crippen molar-refractivity contribution in [3.05, 3.63) is 0 Å². The van der Waals surface area contributed by atoms with Crippen LogP contribution in [0, 0.1) is 11.8 Å². The van der Waals surface area contributed by atoms with Crippen molar-refractivity contribution in [2.45, 2.75) is 45.4 Å². The lowest BCUT2D eigenvalue weighted by molar-refractivity contribution is 0.0161. The molecule has 1 aliphatic carbocycles. The highest BCUT2D eigenvalue weighted by Crippen LogP contribution is 2.29. The molecule has 1 aliphatic rings. The Kier molecular flexibility index (Phi) is 8.67. The van der Waals surface area contributed by atoms with Crippen LogP contribution in [-0.2, 0) is 9.47 Å². The van der Waals surface area contributed by atoms with Crippen LogP contribution in [0.4, 0.5) is 0 Å². The molecular formula is C14H29NO2. The van der Waals surface area contributed by atoms with Crippen molar-refractivity contribution in [3.8, 4) is 0 Å². The van der Waals surface area contributed by atoms with Crippen molar-refractivity contribution >= 4 is 0 Å². The molecule has 0 spiro atoms. The van der Waals surface area contributed by atoms with Gasteiger partial charge in [0.15, 0.2) is 0 Å². The van der Waals surface area contributed by atoms with E-state index in [9.17, 15) is 0 Å². The van der Waals surface area contributed by atoms with E-state index in [0.717, 1.165) is 39.4 Å². The average molecular weight is 243 g/mol. The van der Waals surface area contributed by atoms with E-state index in [2.05, 4.69) is 6.92 Å². The minimum Gasteiger partial charge on any atom is -0.379 e. The van der Waals surface area contributed by atoms with Crippen LogP contribution in [0.25, 0.3) is 0 Å². The zero-order chi connectivity index (χ0) is 12.3. The van der Waals surface area contributed by atoms with Gasteiger partial charge in [-0.1, -0.05) is 26.2 Å². The van der Waals surface area contributed by atoms with Crippen LogP contribution >= 0.6 is 0 Å². The Hall–Kier alpha value is -0.120. The van der Waals surface area contributed by atoms with Crippen LogP contribution in [0.1, 0.15) is 45.4 Å². The topological polar surface area (TPSA) is 44.5 Å². The van der Waals surface area contributed by atoms with Gasteiger partial charge in [-0.25, -0.2) is 0 Å². The number of hydrogen-bond acceptors (Lipinski definition) is 3. The van der Waals surface area contributed by atoms with E-state index in [-0.39, 0.29) is 0 Å². The van der Waals surface area contributed by atoms with Crippen molar-refractivity contribution in [1.29, 1.82) is 0 Å². The van der Waals surface area contributed by atoms with Gasteiger partial charge >= 0.3 is 0 Å². The summed E-state index contributed by atoms with van der Waals surface area (Å²) in [4.78, 5) is 0. The molecule has 3 nitrogen and oxygen atoms in total. The van der Waals surface area contributed by atoms with E-state index in [4.69, 9.17) is 15.2 Å². The summed E-state index contributed by atoms with van der Waals surface area (Å²) >= 11 is 0. The molecule has 0 saturated heterocycles. The lowest BCUT2D eigenvalue weighted by Crippen LogP contribution is -2.30. The molecule has 0 aromatic heterocycles. The number of hydrogen-bond donors (Lipinski definition) is 1. The molecule has 0 radical (unpaired) electrons. The maximum Gasteiger partial charge on any atom is 0.0700 e. The summed E-state index contributed by atoms with van der Waals surface area (Å²) < 4.78 is 11.2. The molecule has 0 aromatic rings. The number of unbranched alkanes of at least 4 members (excludes halogenated alkanes) is 1. The van der Waals surface area contributed by atoms with Crippen LogP contribution in [0.15, 0.2) is 0 Å². The molecule has 2 N–H and O–H groups in total. The average Bonchev–Trinajstić information content (AvgIpc) is 2.38. The summed E-state index contributed by atoms with van der Waals surface area (Å²) in [6.45, 7) is 6.21. The molecule has 0 aliphatic heterocycles. The summed E-state index contributed by atoms with van der Waals surface area (Å²) in [6, 6.07) is 0. The minimum atomic E-state index is 0.685. The van der Waals surface area contributed by atoms with E-state index in [1.165, 1.54) is 32.1 Å². The molecule has 17 heavy (non-hydrogen) atoms. The van der Waals surface area contributed by atoms with Gasteiger partial charge < -0.3 is 15.2 Å². The van der Waals surface area contributed by atoms with Crippen molar-refractivity contribution < 1.29 is 9.47 Å². The monoisotopic (exact) mass is 243 g/mol. The molecule has 0 aromatic carbocycles. The highest BCUT2D eigenvalue weighted by molar-refractivity contribution is 4.75. The van der Waals surface area contributed by atoms with Crippen LogP contribution in [0.3, 0.4) is 0 Å². The third-order valence-corrected chi connectivity index (χ3v) is 3.72. The van der Waals surface area contributed by atoms with E-state index in [0.29, 0.717) is 11.8 Å². The van der Waals surface area contributed by atoms with Gasteiger partial charge in [0.2, 0.25) is 0 Å². The van der Waals surface area contributed by atoms with Gasteiger partial charge in [0.05, 0.1) is 13.2 Å². The zero-order valence-corrected chi connectivity index (χ0v) is 11.3. The second-order valence-corrected chi connectivity index (χ2v) is 5.08. The van der Waals surface area contributed by atoms with Gasteiger partial charge in [0.1, 0.15) is 0 Å². The molecule has 2 unspecified atom stereocenters. The third kappa shape index (κ3) is 6.39. The highest BCUT2D eigenvalue weighted by atomic mass is 16.5. The number of rotatable bonds is 9. The lowest BCUT2D eigenvalue weighted by Gasteiger charge is -2.30. The fraction of sp³-hybridized carbons (Fsp3) is 1.00. The predicted octanol–water partition coefficient (Wildman–Crippen LogP) is 2.58. The summed E-state index contributed by atoms with van der Waals surface area (Å²) in [7, 11) is 0. The molecule has 1 rings (SSSR count). The maximum atomic E-state index is 5.80. The first-order chi connectivity index (χ1) is 8.38. The summed E-state index contributed by atoms with van der Waals surface area (Å²) in [6.07, 6.45) is 7.62. The molecule has 1 saturated carbocycles. The number of nitrogens with two attached hydrogens (primary N) is 1. The highest BCUT2D eigenvalue weighted by Gasteiger charge is 2.23. The Morgan fingerprint density at radius 1 is 1.00 bits per heavy atom. The quantitative estimate of drug-likeness (QED) is 0.633. The standard InChI is InChI=1S/C14H29NO2/c1-2-3-8-16-9-10-17-12-14-7-5-4-6-13(14)11-15/h13-14H,2-12,15H2,1H3. The fourth-order valence-electron chi connectivity index (χ4n) is 2.52. The SMILES string of the molecule is CCCCOCCOCC1CCCCC1CN. The lowest BCUT2D eigenvalue weighted by atomic mass is 9.80. The van der Waals surface area contributed by atoms with Gasteiger partial charge in [0, 0.05) is 13.2 Å². The van der Waals surface area contributed by atoms with Crippen LogP contribution in [0.2, 0.25) is 0 Å². The molecule has 102 valence electrons. The van der Waals surface area contributed by atoms with Crippen LogP contribution < -0.4 is 5.73 Å². The molecule has 0 amide bonds. The molecule has 1 fully saturated rings. The molecule has 3 heteroatoms. The van der Waals surface area contributed by atoms with E-state index in [1.807, 2.05) is 0 Å². The molecule has 0 bridgehead atoms. The van der Waals surface area contributed by atoms with Crippen LogP contribution in [0.5, 0.6) is 0 Å². The van der Waals surface area contributed by atoms with E-state index in [1.54, 1.807) is 0 Å². The van der Waals surface area contributed by atoms with E-state index >= 15 is 0 Å². The second-order valence-electron chi connectivity index (χ2n) is 5.08. The Bertz CT molecular complexity index is 176. The first-order valence-corrected chi connectivity index (χ1v) is 7.24. The summed E-state index contributed by atoms with van der Waals surface area (Å²) in [5.74, 6) is 1.37. The van der Waals surface area contributed by atoms with Crippen molar-refractivity contribution in [2.24, 2.45) is 17.6 Å². The van der Waals surface area contributed by atoms with Gasteiger partial charge in [-0.3, -0.25) is 0 Å². The first-order valence-electron chi connectivity index (χ1n) is 7.24. The Morgan fingerprint density at radius 3 is 2.41 bits per heavy atom. The van der Waals surface area contributed by atoms with Crippen molar-refractivity contribution in [1.82, 2.24) is 0 Å². The van der Waals surface area contributed by atoms with Crippen molar-refractivity contribution in [3.63, 3.8) is 0 Å². The Labute approximate surface area is 106 Å². The van der Waals surface area contributed by atoms with E-state index < -0.39 is 0 Å². The Balaban J connectivity index is 1.97.